The molecule has 2 aromatic carbocycles. The van der Waals surface area contributed by atoms with Crippen LogP contribution in [0.15, 0.2) is 59.0 Å². The number of fused-ring (bicyclic) bond motifs is 1. The first-order valence-electron chi connectivity index (χ1n) is 11.2. The lowest BCUT2D eigenvalue weighted by atomic mass is 10.1. The van der Waals surface area contributed by atoms with Crippen molar-refractivity contribution in [2.75, 3.05) is 32.8 Å². The van der Waals surface area contributed by atoms with Gasteiger partial charge in [0.1, 0.15) is 29.9 Å². The van der Waals surface area contributed by atoms with E-state index in [-0.39, 0.29) is 12.5 Å². The van der Waals surface area contributed by atoms with Gasteiger partial charge in [-0.05, 0) is 41.5 Å². The number of para-hydroxylation sites is 1. The third-order valence-corrected chi connectivity index (χ3v) is 6.07. The molecule has 1 aromatic heterocycles. The fourth-order valence-corrected chi connectivity index (χ4v) is 4.27. The molecule has 0 radical (unpaired) electrons. The van der Waals surface area contributed by atoms with Gasteiger partial charge in [0.15, 0.2) is 5.76 Å². The molecule has 3 aromatic rings. The number of furan rings is 1. The van der Waals surface area contributed by atoms with Gasteiger partial charge < -0.3 is 18.8 Å². The maximum absolute atomic E-state index is 12.9. The number of amides is 1. The third kappa shape index (κ3) is 4.71. The Bertz CT molecular complexity index is 1190. The summed E-state index contributed by atoms with van der Waals surface area (Å²) < 4.78 is 17.0. The molecule has 1 amide bonds. The number of hydrogen-bond donors (Lipinski definition) is 0. The van der Waals surface area contributed by atoms with Crippen molar-refractivity contribution in [1.82, 2.24) is 9.80 Å². The van der Waals surface area contributed by atoms with Gasteiger partial charge in [0.2, 0.25) is 0 Å². The molecular formula is C26H25N3O4. The molecule has 1 fully saturated rings. The summed E-state index contributed by atoms with van der Waals surface area (Å²) in [4.78, 5) is 17.1. The lowest BCUT2D eigenvalue weighted by Gasteiger charge is -2.34. The number of nitrogens with zero attached hydrogens (tertiary/aromatic N) is 3. The molecule has 0 unspecified atom stereocenters. The highest BCUT2D eigenvalue weighted by atomic mass is 16.5. The van der Waals surface area contributed by atoms with Gasteiger partial charge in [-0.2, -0.15) is 5.26 Å². The van der Waals surface area contributed by atoms with Gasteiger partial charge in [-0.3, -0.25) is 9.69 Å². The summed E-state index contributed by atoms with van der Waals surface area (Å²) in [5.74, 6) is 2.26. The highest BCUT2D eigenvalue weighted by Crippen LogP contribution is 2.26. The number of nitriles is 1. The summed E-state index contributed by atoms with van der Waals surface area (Å²) >= 11 is 0. The van der Waals surface area contributed by atoms with Crippen molar-refractivity contribution in [3.05, 3.63) is 82.8 Å². The predicted octanol–water partition coefficient (Wildman–Crippen LogP) is 3.62. The van der Waals surface area contributed by atoms with Crippen LogP contribution in [-0.4, -0.2) is 48.5 Å². The molecule has 0 atom stereocenters. The van der Waals surface area contributed by atoms with Crippen molar-refractivity contribution in [2.24, 2.45) is 0 Å². The SMILES string of the molecule is N#Cc1ccccc1OCc1ccc(C(=O)N2CCN(Cc3ccc4c(c3)CCO4)CC2)o1. The Balaban J connectivity index is 1.13. The number of hydrogen-bond acceptors (Lipinski definition) is 6. The summed E-state index contributed by atoms with van der Waals surface area (Å²) in [5, 5.41) is 9.16. The molecule has 7 heteroatoms. The van der Waals surface area contributed by atoms with Gasteiger partial charge in [-0.25, -0.2) is 0 Å². The van der Waals surface area contributed by atoms with Crippen LogP contribution in [0.25, 0.3) is 0 Å². The second-order valence-corrected chi connectivity index (χ2v) is 8.27. The van der Waals surface area contributed by atoms with Crippen LogP contribution < -0.4 is 9.47 Å². The molecule has 33 heavy (non-hydrogen) atoms. The summed E-state index contributed by atoms with van der Waals surface area (Å²) in [6, 6.07) is 19.0. The monoisotopic (exact) mass is 443 g/mol. The van der Waals surface area contributed by atoms with Crippen LogP contribution >= 0.6 is 0 Å². The minimum absolute atomic E-state index is 0.104. The molecule has 3 heterocycles. The molecule has 0 spiro atoms. The Hall–Kier alpha value is -3.76. The van der Waals surface area contributed by atoms with E-state index in [4.69, 9.17) is 19.2 Å². The standard InChI is InChI=1S/C26H25N3O4/c27-16-21-3-1-2-4-23(21)32-18-22-6-8-25(33-22)26(30)29-12-10-28(11-13-29)17-19-5-7-24-20(15-19)9-14-31-24/h1-8,15H,9-14,17-18H2. The highest BCUT2D eigenvalue weighted by Gasteiger charge is 2.25. The zero-order valence-electron chi connectivity index (χ0n) is 18.3. The first-order valence-corrected chi connectivity index (χ1v) is 11.2. The summed E-state index contributed by atoms with van der Waals surface area (Å²) in [5.41, 5.74) is 3.04. The molecule has 168 valence electrons. The van der Waals surface area contributed by atoms with E-state index in [2.05, 4.69) is 29.2 Å². The van der Waals surface area contributed by atoms with Crippen LogP contribution in [0.1, 0.15) is 33.0 Å². The van der Waals surface area contributed by atoms with Gasteiger partial charge in [0, 0.05) is 39.1 Å². The van der Waals surface area contributed by atoms with E-state index >= 15 is 0 Å². The van der Waals surface area contributed by atoms with E-state index in [9.17, 15) is 4.79 Å². The molecule has 1 saturated heterocycles. The zero-order valence-corrected chi connectivity index (χ0v) is 18.3. The summed E-state index contributed by atoms with van der Waals surface area (Å²) in [6.45, 7) is 4.77. The number of carbonyl (C=O) groups excluding carboxylic acids is 1. The number of rotatable bonds is 6. The van der Waals surface area contributed by atoms with Crippen molar-refractivity contribution in [1.29, 1.82) is 5.26 Å². The van der Waals surface area contributed by atoms with Crippen molar-refractivity contribution in [2.45, 2.75) is 19.6 Å². The number of piperazine rings is 1. The molecule has 2 aliphatic rings. The number of benzene rings is 2. The fourth-order valence-electron chi connectivity index (χ4n) is 4.27. The molecule has 0 aliphatic carbocycles. The van der Waals surface area contributed by atoms with Crippen LogP contribution in [0.5, 0.6) is 11.5 Å². The fraction of sp³-hybridized carbons (Fsp3) is 0.308. The van der Waals surface area contributed by atoms with Crippen LogP contribution in [0.2, 0.25) is 0 Å². The van der Waals surface area contributed by atoms with Gasteiger partial charge >= 0.3 is 0 Å². The summed E-state index contributed by atoms with van der Waals surface area (Å²) in [6.07, 6.45) is 0.979. The molecule has 0 N–H and O–H groups in total. The van der Waals surface area contributed by atoms with Gasteiger partial charge in [0.05, 0.1) is 12.2 Å². The predicted molar refractivity (Wildman–Crippen MR) is 121 cm³/mol. The van der Waals surface area contributed by atoms with E-state index in [1.807, 2.05) is 11.0 Å². The lowest BCUT2D eigenvalue weighted by molar-refractivity contribution is 0.0594. The van der Waals surface area contributed by atoms with Crippen LogP contribution in [0.4, 0.5) is 0 Å². The number of ether oxygens (including phenoxy) is 2. The van der Waals surface area contributed by atoms with Crippen LogP contribution in [0.3, 0.4) is 0 Å². The lowest BCUT2D eigenvalue weighted by Crippen LogP contribution is -2.48. The third-order valence-electron chi connectivity index (χ3n) is 6.07. The molecular weight excluding hydrogens is 418 g/mol. The molecule has 5 rings (SSSR count). The van der Waals surface area contributed by atoms with E-state index in [1.54, 1.807) is 30.3 Å². The smallest absolute Gasteiger partial charge is 0.289 e. The Morgan fingerprint density at radius 3 is 2.76 bits per heavy atom. The minimum Gasteiger partial charge on any atom is -0.493 e. The maximum Gasteiger partial charge on any atom is 0.289 e. The van der Waals surface area contributed by atoms with Crippen molar-refractivity contribution < 1.29 is 18.7 Å². The van der Waals surface area contributed by atoms with Gasteiger partial charge in [-0.1, -0.05) is 24.3 Å². The largest absolute Gasteiger partial charge is 0.493 e. The zero-order chi connectivity index (χ0) is 22.6. The second kappa shape index (κ2) is 9.39. The average Bonchev–Trinajstić information content (AvgIpc) is 3.52. The maximum atomic E-state index is 12.9. The van der Waals surface area contributed by atoms with E-state index < -0.39 is 0 Å². The molecule has 7 nitrogen and oxygen atoms in total. The number of carbonyl (C=O) groups is 1. The summed E-state index contributed by atoms with van der Waals surface area (Å²) in [7, 11) is 0. The normalized spacial score (nSPS) is 15.5. The van der Waals surface area contributed by atoms with E-state index in [0.717, 1.165) is 38.4 Å². The van der Waals surface area contributed by atoms with Gasteiger partial charge in [-0.15, -0.1) is 0 Å². The second-order valence-electron chi connectivity index (χ2n) is 8.27. The first kappa shape index (κ1) is 21.1. The quantitative estimate of drug-likeness (QED) is 0.579. The van der Waals surface area contributed by atoms with E-state index in [0.29, 0.717) is 35.9 Å². The van der Waals surface area contributed by atoms with Crippen LogP contribution in [-0.2, 0) is 19.6 Å². The Morgan fingerprint density at radius 1 is 1.06 bits per heavy atom. The first-order chi connectivity index (χ1) is 16.2. The minimum atomic E-state index is -0.104. The van der Waals surface area contributed by atoms with Crippen molar-refractivity contribution in [3.63, 3.8) is 0 Å². The van der Waals surface area contributed by atoms with Gasteiger partial charge in [0.25, 0.3) is 5.91 Å². The molecule has 0 bridgehead atoms. The average molecular weight is 444 g/mol. The van der Waals surface area contributed by atoms with Crippen LogP contribution in [0, 0.1) is 11.3 Å². The van der Waals surface area contributed by atoms with Crippen molar-refractivity contribution in [3.8, 4) is 17.6 Å². The van der Waals surface area contributed by atoms with Crippen molar-refractivity contribution >= 4 is 5.91 Å². The molecule has 2 aliphatic heterocycles. The highest BCUT2D eigenvalue weighted by molar-refractivity contribution is 5.91. The topological polar surface area (TPSA) is 78.9 Å². The Labute approximate surface area is 192 Å². The van der Waals surface area contributed by atoms with E-state index in [1.165, 1.54) is 11.1 Å². The molecule has 0 saturated carbocycles. The Morgan fingerprint density at radius 2 is 1.91 bits per heavy atom. The Kier molecular flexibility index (Phi) is 6.01.